The molecular formula is C16H16FN3OS2. The van der Waals surface area contributed by atoms with Crippen molar-refractivity contribution >= 4 is 40.7 Å². The Bertz CT molecular complexity index is 682. The molecule has 0 bridgehead atoms. The second kappa shape index (κ2) is 8.50. The lowest BCUT2D eigenvalue weighted by Crippen LogP contribution is -2.46. The van der Waals surface area contributed by atoms with Gasteiger partial charge in [0.15, 0.2) is 5.11 Å². The van der Waals surface area contributed by atoms with E-state index in [0.29, 0.717) is 0 Å². The van der Waals surface area contributed by atoms with Gasteiger partial charge in [0, 0.05) is 4.90 Å². The number of thiocarbonyl (C=S) groups is 1. The third kappa shape index (κ3) is 5.54. The molecule has 3 N–H and O–H groups in total. The third-order valence-electron chi connectivity index (χ3n) is 2.85. The molecule has 2 aromatic carbocycles. The Labute approximate surface area is 143 Å². The summed E-state index contributed by atoms with van der Waals surface area (Å²) in [4.78, 5) is 13.0. The van der Waals surface area contributed by atoms with Gasteiger partial charge < -0.3 is 5.32 Å². The summed E-state index contributed by atoms with van der Waals surface area (Å²) >= 11 is 6.45. The van der Waals surface area contributed by atoms with Crippen molar-refractivity contribution in [1.82, 2.24) is 10.9 Å². The van der Waals surface area contributed by atoms with Crippen molar-refractivity contribution in [3.8, 4) is 0 Å². The zero-order valence-electron chi connectivity index (χ0n) is 12.4. The number of rotatable bonds is 4. The molecule has 0 aromatic heterocycles. The molecule has 1 amide bonds. The van der Waals surface area contributed by atoms with Gasteiger partial charge >= 0.3 is 0 Å². The minimum Gasteiger partial charge on any atom is -0.329 e. The van der Waals surface area contributed by atoms with E-state index in [1.165, 1.54) is 17.8 Å². The number of thioether (sulfide) groups is 1. The smallest absolute Gasteiger partial charge is 0.251 e. The van der Waals surface area contributed by atoms with E-state index in [9.17, 15) is 9.18 Å². The lowest BCUT2D eigenvalue weighted by Gasteiger charge is -2.15. The zero-order chi connectivity index (χ0) is 16.7. The molecule has 0 aliphatic heterocycles. The molecule has 23 heavy (non-hydrogen) atoms. The number of carbonyl (C=O) groups excluding carboxylic acids is 1. The fourth-order valence-corrected chi connectivity index (χ4v) is 2.74. The van der Waals surface area contributed by atoms with E-state index in [1.807, 2.05) is 30.3 Å². The average molecular weight is 349 g/mol. The van der Waals surface area contributed by atoms with Crippen molar-refractivity contribution in [1.29, 1.82) is 0 Å². The van der Waals surface area contributed by atoms with Gasteiger partial charge in [0.25, 0.3) is 5.91 Å². The van der Waals surface area contributed by atoms with Crippen LogP contribution in [0.4, 0.5) is 10.1 Å². The van der Waals surface area contributed by atoms with Crippen LogP contribution in [0, 0.1) is 5.82 Å². The Kier molecular flexibility index (Phi) is 6.37. The predicted molar refractivity (Wildman–Crippen MR) is 95.7 cm³/mol. The van der Waals surface area contributed by atoms with E-state index < -0.39 is 5.82 Å². The van der Waals surface area contributed by atoms with Crippen molar-refractivity contribution < 1.29 is 9.18 Å². The Hall–Kier alpha value is -2.12. The highest BCUT2D eigenvalue weighted by molar-refractivity contribution is 8.00. The van der Waals surface area contributed by atoms with E-state index in [-0.39, 0.29) is 22.0 Å². The van der Waals surface area contributed by atoms with Gasteiger partial charge in [-0.05, 0) is 43.4 Å². The molecular weight excluding hydrogens is 333 g/mol. The van der Waals surface area contributed by atoms with Gasteiger partial charge in [-0.25, -0.2) is 4.39 Å². The van der Waals surface area contributed by atoms with Gasteiger partial charge in [-0.15, -0.1) is 11.8 Å². The zero-order valence-corrected chi connectivity index (χ0v) is 14.0. The number of para-hydroxylation sites is 1. The summed E-state index contributed by atoms with van der Waals surface area (Å²) in [6.45, 7) is 1.79. The molecule has 0 saturated carbocycles. The minimum atomic E-state index is -0.420. The maximum Gasteiger partial charge on any atom is 0.251 e. The topological polar surface area (TPSA) is 53.2 Å². The van der Waals surface area contributed by atoms with Gasteiger partial charge in [0.2, 0.25) is 0 Å². The first-order chi connectivity index (χ1) is 11.1. The number of anilines is 1. The Morgan fingerprint density at radius 1 is 1.09 bits per heavy atom. The van der Waals surface area contributed by atoms with Gasteiger partial charge in [0.1, 0.15) is 5.82 Å². The predicted octanol–water partition coefficient (Wildman–Crippen LogP) is 3.32. The molecule has 0 fully saturated rings. The van der Waals surface area contributed by atoms with Crippen molar-refractivity contribution in [2.45, 2.75) is 17.1 Å². The van der Waals surface area contributed by atoms with Gasteiger partial charge in [-0.1, -0.05) is 30.3 Å². The maximum absolute atomic E-state index is 13.5. The fourth-order valence-electron chi connectivity index (χ4n) is 1.69. The highest BCUT2D eigenvalue weighted by Crippen LogP contribution is 2.22. The number of hydrazine groups is 1. The lowest BCUT2D eigenvalue weighted by molar-refractivity contribution is -0.120. The standard InChI is InChI=1S/C16H16FN3OS2/c1-11(23-12-7-3-2-4-8-12)15(21)19-20-16(22)18-14-10-6-5-9-13(14)17/h2-11H,1H3,(H,19,21)(H2,18,20,22)/t11-/m1/s1. The van der Waals surface area contributed by atoms with Crippen molar-refractivity contribution in [3.63, 3.8) is 0 Å². The number of hydrogen-bond donors (Lipinski definition) is 3. The highest BCUT2D eigenvalue weighted by Gasteiger charge is 2.14. The van der Waals surface area contributed by atoms with Crippen LogP contribution in [0.1, 0.15) is 6.92 Å². The molecule has 1 atom stereocenters. The summed E-state index contributed by atoms with van der Waals surface area (Å²) in [7, 11) is 0. The SMILES string of the molecule is C[C@@H](Sc1ccccc1)C(=O)NNC(=S)Nc1ccccc1F. The van der Waals surface area contributed by atoms with E-state index in [1.54, 1.807) is 25.1 Å². The minimum absolute atomic E-state index is 0.111. The summed E-state index contributed by atoms with van der Waals surface area (Å²) < 4.78 is 13.5. The Morgan fingerprint density at radius 3 is 2.43 bits per heavy atom. The van der Waals surface area contributed by atoms with Crippen LogP contribution in [0.5, 0.6) is 0 Å². The van der Waals surface area contributed by atoms with Crippen molar-refractivity contribution in [2.24, 2.45) is 0 Å². The lowest BCUT2D eigenvalue weighted by atomic mass is 10.3. The van der Waals surface area contributed by atoms with Crippen molar-refractivity contribution in [2.75, 3.05) is 5.32 Å². The molecule has 120 valence electrons. The van der Waals surface area contributed by atoms with Gasteiger partial charge in [-0.3, -0.25) is 15.6 Å². The molecule has 7 heteroatoms. The van der Waals surface area contributed by atoms with Crippen LogP contribution in [-0.2, 0) is 4.79 Å². The molecule has 0 radical (unpaired) electrons. The molecule has 2 rings (SSSR count). The Balaban J connectivity index is 1.79. The molecule has 0 saturated heterocycles. The van der Waals surface area contributed by atoms with Crippen LogP contribution in [-0.4, -0.2) is 16.3 Å². The summed E-state index contributed by atoms with van der Waals surface area (Å²) in [5.41, 5.74) is 5.31. The number of amides is 1. The van der Waals surface area contributed by atoms with Crippen molar-refractivity contribution in [3.05, 3.63) is 60.4 Å². The molecule has 0 aliphatic rings. The average Bonchev–Trinajstić information content (AvgIpc) is 2.55. The molecule has 0 unspecified atom stereocenters. The maximum atomic E-state index is 13.5. The quantitative estimate of drug-likeness (QED) is 0.449. The molecule has 0 heterocycles. The van der Waals surface area contributed by atoms with E-state index in [0.717, 1.165) is 4.90 Å². The van der Waals surface area contributed by atoms with Crippen LogP contribution < -0.4 is 16.2 Å². The summed E-state index contributed by atoms with van der Waals surface area (Å²) in [6.07, 6.45) is 0. The fraction of sp³-hybridized carbons (Fsp3) is 0.125. The normalized spacial score (nSPS) is 11.4. The van der Waals surface area contributed by atoms with E-state index in [2.05, 4.69) is 16.2 Å². The summed E-state index contributed by atoms with van der Waals surface area (Å²) in [5, 5.41) is 2.48. The second-order valence-corrected chi connectivity index (χ2v) is 6.44. The van der Waals surface area contributed by atoms with E-state index >= 15 is 0 Å². The van der Waals surface area contributed by atoms with E-state index in [4.69, 9.17) is 12.2 Å². The van der Waals surface area contributed by atoms with Crippen LogP contribution in [0.15, 0.2) is 59.5 Å². The number of benzene rings is 2. The monoisotopic (exact) mass is 349 g/mol. The first-order valence-corrected chi connectivity index (χ1v) is 8.18. The first-order valence-electron chi connectivity index (χ1n) is 6.89. The van der Waals surface area contributed by atoms with Crippen LogP contribution >= 0.6 is 24.0 Å². The molecule has 0 aliphatic carbocycles. The Morgan fingerprint density at radius 2 is 1.74 bits per heavy atom. The summed E-state index contributed by atoms with van der Waals surface area (Å²) in [6, 6.07) is 15.8. The number of nitrogens with one attached hydrogen (secondary N) is 3. The van der Waals surface area contributed by atoms with Crippen LogP contribution in [0.3, 0.4) is 0 Å². The second-order valence-electron chi connectivity index (χ2n) is 4.62. The highest BCUT2D eigenvalue weighted by atomic mass is 32.2. The first kappa shape index (κ1) is 17.2. The molecule has 4 nitrogen and oxygen atoms in total. The van der Waals surface area contributed by atoms with Crippen LogP contribution in [0.2, 0.25) is 0 Å². The van der Waals surface area contributed by atoms with Crippen LogP contribution in [0.25, 0.3) is 0 Å². The molecule has 0 spiro atoms. The number of hydrogen-bond acceptors (Lipinski definition) is 3. The number of halogens is 1. The summed E-state index contributed by atoms with van der Waals surface area (Å²) in [5.74, 6) is -0.646. The van der Waals surface area contributed by atoms with Gasteiger partial charge in [0.05, 0.1) is 10.9 Å². The molecule has 2 aromatic rings. The van der Waals surface area contributed by atoms with Gasteiger partial charge in [-0.2, -0.15) is 0 Å². The number of carbonyl (C=O) groups is 1. The largest absolute Gasteiger partial charge is 0.329 e. The third-order valence-corrected chi connectivity index (χ3v) is 4.16.